The quantitative estimate of drug-likeness (QED) is 0.587. The molecule has 134 valence electrons. The van der Waals surface area contributed by atoms with Crippen LogP contribution in [0.3, 0.4) is 0 Å². The fourth-order valence-electron chi connectivity index (χ4n) is 2.71. The minimum Gasteiger partial charge on any atom is -0.456 e. The molecule has 2 rings (SSSR count). The highest BCUT2D eigenvalue weighted by Gasteiger charge is 2.16. The molecule has 6 heteroatoms. The van der Waals surface area contributed by atoms with Gasteiger partial charge in [0, 0.05) is 5.69 Å². The number of carbonyl (C=O) groups is 3. The van der Waals surface area contributed by atoms with Crippen molar-refractivity contribution in [3.05, 3.63) is 41.5 Å². The molecule has 25 heavy (non-hydrogen) atoms. The number of benzene rings is 1. The molecule has 0 radical (unpaired) electrons. The van der Waals surface area contributed by atoms with Crippen LogP contribution in [0.5, 0.6) is 0 Å². The number of rotatable bonds is 7. The Morgan fingerprint density at radius 1 is 1.16 bits per heavy atom. The predicted octanol–water partition coefficient (Wildman–Crippen LogP) is 2.26. The summed E-state index contributed by atoms with van der Waals surface area (Å²) in [4.78, 5) is 35.3. The normalized spacial score (nSPS) is 15.7. The Bertz CT molecular complexity index is 662. The molecule has 1 aromatic rings. The van der Waals surface area contributed by atoms with Gasteiger partial charge in [-0.3, -0.25) is 14.4 Å². The molecule has 0 saturated carbocycles. The molecule has 1 atom stereocenters. The zero-order valence-corrected chi connectivity index (χ0v) is 14.6. The van der Waals surface area contributed by atoms with Gasteiger partial charge < -0.3 is 15.4 Å². The highest BCUT2D eigenvalue weighted by atomic mass is 16.5. The van der Waals surface area contributed by atoms with Gasteiger partial charge in [0.15, 0.2) is 6.61 Å². The van der Waals surface area contributed by atoms with E-state index in [1.807, 2.05) is 44.2 Å². The Balaban J connectivity index is 1.68. The summed E-state index contributed by atoms with van der Waals surface area (Å²) in [7, 11) is 0. The Kier molecular flexibility index (Phi) is 6.74. The number of anilines is 1. The highest BCUT2D eigenvalue weighted by molar-refractivity contribution is 5.96. The summed E-state index contributed by atoms with van der Waals surface area (Å²) in [5.41, 5.74) is 2.65. The molecule has 2 amide bonds. The molecule has 0 bridgehead atoms. The second-order valence-corrected chi connectivity index (χ2v) is 6.22. The Morgan fingerprint density at radius 3 is 2.52 bits per heavy atom. The summed E-state index contributed by atoms with van der Waals surface area (Å²) >= 11 is 0. The maximum absolute atomic E-state index is 11.9. The third-order valence-electron chi connectivity index (χ3n) is 4.10. The lowest BCUT2D eigenvalue weighted by Gasteiger charge is -2.12. The van der Waals surface area contributed by atoms with Crippen molar-refractivity contribution in [2.45, 2.75) is 33.1 Å². The maximum atomic E-state index is 11.9. The van der Waals surface area contributed by atoms with Gasteiger partial charge in [0.2, 0.25) is 5.91 Å². The molecule has 0 aromatic heterocycles. The van der Waals surface area contributed by atoms with Crippen LogP contribution in [0.2, 0.25) is 0 Å². The first kappa shape index (κ1) is 18.7. The minimum atomic E-state index is -0.494. The van der Waals surface area contributed by atoms with Crippen LogP contribution in [0, 0.1) is 19.8 Å². The van der Waals surface area contributed by atoms with Crippen molar-refractivity contribution in [3.8, 4) is 0 Å². The van der Waals surface area contributed by atoms with E-state index in [0.29, 0.717) is 0 Å². The number of amides is 2. The summed E-state index contributed by atoms with van der Waals surface area (Å²) < 4.78 is 4.94. The summed E-state index contributed by atoms with van der Waals surface area (Å²) in [6, 6.07) is 5.72. The summed E-state index contributed by atoms with van der Waals surface area (Å²) in [6.07, 6.45) is 6.25. The zero-order chi connectivity index (χ0) is 18.2. The molecular formula is C19H24N2O4. The predicted molar refractivity (Wildman–Crippen MR) is 95.0 cm³/mol. The first-order valence-corrected chi connectivity index (χ1v) is 8.40. The van der Waals surface area contributed by atoms with Gasteiger partial charge in [0.1, 0.15) is 0 Å². The van der Waals surface area contributed by atoms with Crippen molar-refractivity contribution < 1.29 is 19.1 Å². The number of hydrogen-bond acceptors (Lipinski definition) is 4. The highest BCUT2D eigenvalue weighted by Crippen LogP contribution is 2.20. The van der Waals surface area contributed by atoms with E-state index < -0.39 is 11.9 Å². The molecule has 0 saturated heterocycles. The van der Waals surface area contributed by atoms with Gasteiger partial charge in [0.05, 0.1) is 13.0 Å². The fourth-order valence-corrected chi connectivity index (χ4v) is 2.71. The monoisotopic (exact) mass is 344 g/mol. The molecule has 6 nitrogen and oxygen atoms in total. The number of carbonyl (C=O) groups excluding carboxylic acids is 3. The lowest BCUT2D eigenvalue weighted by molar-refractivity contribution is -0.149. The van der Waals surface area contributed by atoms with Crippen molar-refractivity contribution in [1.29, 1.82) is 0 Å². The van der Waals surface area contributed by atoms with Crippen LogP contribution < -0.4 is 10.6 Å². The van der Waals surface area contributed by atoms with Crippen molar-refractivity contribution in [3.63, 3.8) is 0 Å². The number of hydrogen-bond donors (Lipinski definition) is 2. The van der Waals surface area contributed by atoms with Gasteiger partial charge in [-0.1, -0.05) is 30.4 Å². The topological polar surface area (TPSA) is 84.5 Å². The molecule has 0 aliphatic heterocycles. The van der Waals surface area contributed by atoms with Gasteiger partial charge in [-0.2, -0.15) is 0 Å². The summed E-state index contributed by atoms with van der Waals surface area (Å²) in [5.74, 6) is -1.01. The summed E-state index contributed by atoms with van der Waals surface area (Å²) in [6.45, 7) is 3.27. The van der Waals surface area contributed by atoms with Crippen LogP contribution >= 0.6 is 0 Å². The minimum absolute atomic E-state index is 0.171. The van der Waals surface area contributed by atoms with Gasteiger partial charge in [-0.15, -0.1) is 0 Å². The molecule has 0 spiro atoms. The van der Waals surface area contributed by atoms with Crippen molar-refractivity contribution in [2.24, 2.45) is 5.92 Å². The van der Waals surface area contributed by atoms with E-state index in [0.717, 1.165) is 29.7 Å². The van der Waals surface area contributed by atoms with E-state index in [2.05, 4.69) is 10.6 Å². The number of esters is 1. The molecule has 1 aromatic carbocycles. The van der Waals surface area contributed by atoms with Crippen LogP contribution in [0.25, 0.3) is 0 Å². The van der Waals surface area contributed by atoms with Gasteiger partial charge in [-0.25, -0.2) is 0 Å². The molecule has 0 heterocycles. The molecule has 0 unspecified atom stereocenters. The van der Waals surface area contributed by atoms with E-state index in [-0.39, 0.29) is 31.4 Å². The number of aryl methyl sites for hydroxylation is 2. The fraction of sp³-hybridized carbons (Fsp3) is 0.421. The van der Waals surface area contributed by atoms with Crippen LogP contribution in [0.1, 0.15) is 30.4 Å². The van der Waals surface area contributed by atoms with E-state index in [9.17, 15) is 14.4 Å². The Morgan fingerprint density at radius 2 is 1.88 bits per heavy atom. The second-order valence-electron chi connectivity index (χ2n) is 6.22. The maximum Gasteiger partial charge on any atom is 0.306 e. The van der Waals surface area contributed by atoms with E-state index in [1.54, 1.807) is 0 Å². The Hall–Kier alpha value is -2.63. The van der Waals surface area contributed by atoms with E-state index in [1.165, 1.54) is 0 Å². The van der Waals surface area contributed by atoms with Crippen LogP contribution in [0.4, 0.5) is 5.69 Å². The second kappa shape index (κ2) is 9.01. The number of allylic oxidation sites excluding steroid dienone is 2. The lowest BCUT2D eigenvalue weighted by Crippen LogP contribution is -2.35. The van der Waals surface area contributed by atoms with E-state index >= 15 is 0 Å². The number of ether oxygens (including phenoxy) is 1. The first-order valence-electron chi connectivity index (χ1n) is 8.40. The lowest BCUT2D eigenvalue weighted by atomic mass is 10.1. The number of para-hydroxylation sites is 1. The van der Waals surface area contributed by atoms with Crippen molar-refractivity contribution >= 4 is 23.5 Å². The van der Waals surface area contributed by atoms with Crippen LogP contribution in [-0.4, -0.2) is 30.9 Å². The molecule has 1 aliphatic rings. The molecular weight excluding hydrogens is 320 g/mol. The van der Waals surface area contributed by atoms with Crippen LogP contribution in [0.15, 0.2) is 30.4 Å². The van der Waals surface area contributed by atoms with Crippen LogP contribution in [-0.2, 0) is 19.1 Å². The van der Waals surface area contributed by atoms with Crippen molar-refractivity contribution in [1.82, 2.24) is 5.32 Å². The average molecular weight is 344 g/mol. The standard InChI is InChI=1S/C19H24N2O4/c1-13-6-5-7-14(2)19(13)21-16(22)11-20-17(23)12-25-18(24)10-15-8-3-4-9-15/h3,5-8,15H,4,9-12H2,1-2H3,(H,20,23)(H,21,22)/t15-/m1/s1. The van der Waals surface area contributed by atoms with Gasteiger partial charge in [0.25, 0.3) is 5.91 Å². The van der Waals surface area contributed by atoms with Gasteiger partial charge >= 0.3 is 5.97 Å². The van der Waals surface area contributed by atoms with Gasteiger partial charge in [-0.05, 0) is 43.7 Å². The number of nitrogens with one attached hydrogen (secondary N) is 2. The third kappa shape index (κ3) is 6.06. The first-order chi connectivity index (χ1) is 12.0. The smallest absolute Gasteiger partial charge is 0.306 e. The molecule has 1 aliphatic carbocycles. The summed E-state index contributed by atoms with van der Waals surface area (Å²) in [5, 5.41) is 5.23. The SMILES string of the molecule is Cc1cccc(C)c1NC(=O)CNC(=O)COC(=O)C[C@@H]1C=CCC1. The average Bonchev–Trinajstić information content (AvgIpc) is 3.07. The van der Waals surface area contributed by atoms with E-state index in [4.69, 9.17) is 4.74 Å². The molecule has 2 N–H and O–H groups in total. The third-order valence-corrected chi connectivity index (χ3v) is 4.10. The molecule has 0 fully saturated rings. The Labute approximate surface area is 147 Å². The largest absolute Gasteiger partial charge is 0.456 e. The van der Waals surface area contributed by atoms with Crippen molar-refractivity contribution in [2.75, 3.05) is 18.5 Å². The zero-order valence-electron chi connectivity index (χ0n) is 14.6.